The lowest BCUT2D eigenvalue weighted by atomic mass is 9.90. The van der Waals surface area contributed by atoms with Crippen molar-refractivity contribution in [3.63, 3.8) is 0 Å². The molecule has 19 heavy (non-hydrogen) atoms. The molecular weight excluding hydrogens is 234 g/mol. The topological polar surface area (TPSA) is 18.5 Å². The van der Waals surface area contributed by atoms with Crippen LogP contribution in [0.4, 0.5) is 0 Å². The third kappa shape index (κ3) is 5.41. The summed E-state index contributed by atoms with van der Waals surface area (Å²) in [5.41, 5.74) is 0. The maximum atomic E-state index is 3.83. The van der Waals surface area contributed by atoms with Crippen molar-refractivity contribution in [3.8, 4) is 0 Å². The smallest absolute Gasteiger partial charge is 0.0375 e. The van der Waals surface area contributed by atoms with Gasteiger partial charge in [0.25, 0.3) is 0 Å². The Kier molecular flexibility index (Phi) is 7.96. The Morgan fingerprint density at radius 1 is 1.16 bits per heavy atom. The average molecular weight is 269 g/mol. The van der Waals surface area contributed by atoms with Crippen LogP contribution in [0.2, 0.25) is 0 Å². The summed E-state index contributed by atoms with van der Waals surface area (Å²) in [6.45, 7) is 11.8. The third-order valence-corrected chi connectivity index (χ3v) is 4.52. The van der Waals surface area contributed by atoms with Crippen LogP contribution in [-0.4, -0.2) is 62.2 Å². The van der Waals surface area contributed by atoms with Gasteiger partial charge in [-0.15, -0.1) is 0 Å². The molecular formula is C16H35N3. The van der Waals surface area contributed by atoms with Gasteiger partial charge < -0.3 is 15.1 Å². The number of likely N-dealkylation sites (N-methyl/N-ethyl adjacent to an activating group) is 2. The lowest BCUT2D eigenvalue weighted by Gasteiger charge is -2.38. The molecule has 0 radical (unpaired) electrons. The van der Waals surface area contributed by atoms with Crippen LogP contribution in [0.15, 0.2) is 0 Å². The molecule has 0 aromatic heterocycles. The summed E-state index contributed by atoms with van der Waals surface area (Å²) in [5, 5.41) is 3.83. The average Bonchev–Trinajstić information content (AvgIpc) is 2.53. The molecule has 0 aromatic carbocycles. The highest BCUT2D eigenvalue weighted by atomic mass is 15.2. The molecule has 0 aromatic rings. The number of nitrogens with zero attached hydrogens (tertiary/aromatic N) is 2. The van der Waals surface area contributed by atoms with Gasteiger partial charge in [-0.05, 0) is 58.9 Å². The van der Waals surface area contributed by atoms with Crippen LogP contribution in [-0.2, 0) is 0 Å². The fraction of sp³-hybridized carbons (Fsp3) is 1.00. The second-order valence-corrected chi connectivity index (χ2v) is 6.41. The Labute approximate surface area is 120 Å². The summed E-state index contributed by atoms with van der Waals surface area (Å²) in [4.78, 5) is 5.09. The summed E-state index contributed by atoms with van der Waals surface area (Å²) in [6, 6.07) is 1.28. The number of rotatable bonds is 7. The summed E-state index contributed by atoms with van der Waals surface area (Å²) in [7, 11) is 4.58. The van der Waals surface area contributed by atoms with Gasteiger partial charge in [-0.3, -0.25) is 0 Å². The van der Waals surface area contributed by atoms with Crippen LogP contribution < -0.4 is 5.32 Å². The van der Waals surface area contributed by atoms with E-state index >= 15 is 0 Å². The van der Waals surface area contributed by atoms with E-state index in [1.165, 1.54) is 45.3 Å². The molecule has 1 N–H and O–H groups in total. The van der Waals surface area contributed by atoms with Gasteiger partial charge in [0.15, 0.2) is 0 Å². The van der Waals surface area contributed by atoms with Crippen LogP contribution in [0.1, 0.15) is 46.5 Å². The van der Waals surface area contributed by atoms with Crippen molar-refractivity contribution in [1.29, 1.82) is 0 Å². The minimum Gasteiger partial charge on any atom is -0.312 e. The number of hydrogen-bond acceptors (Lipinski definition) is 3. The highest BCUT2D eigenvalue weighted by Gasteiger charge is 2.31. The van der Waals surface area contributed by atoms with Gasteiger partial charge in [-0.25, -0.2) is 0 Å². The van der Waals surface area contributed by atoms with E-state index in [2.05, 4.69) is 50.0 Å². The number of hydrogen-bond donors (Lipinski definition) is 1. The van der Waals surface area contributed by atoms with Gasteiger partial charge in [0, 0.05) is 18.6 Å². The Bertz CT molecular complexity index is 232. The van der Waals surface area contributed by atoms with Crippen LogP contribution in [0, 0.1) is 5.92 Å². The Balaban J connectivity index is 2.73. The zero-order valence-corrected chi connectivity index (χ0v) is 13.8. The molecule has 1 rings (SSSR count). The highest BCUT2D eigenvalue weighted by molar-refractivity contribution is 4.90. The van der Waals surface area contributed by atoms with Gasteiger partial charge in [0.05, 0.1) is 0 Å². The molecule has 3 atom stereocenters. The van der Waals surface area contributed by atoms with E-state index in [9.17, 15) is 0 Å². The summed E-state index contributed by atoms with van der Waals surface area (Å²) in [5.74, 6) is 0.760. The predicted octanol–water partition coefficient (Wildman–Crippen LogP) is 2.43. The van der Waals surface area contributed by atoms with Gasteiger partial charge in [-0.1, -0.05) is 27.2 Å². The zero-order valence-electron chi connectivity index (χ0n) is 13.8. The summed E-state index contributed by atoms with van der Waals surface area (Å²) < 4.78 is 0. The van der Waals surface area contributed by atoms with Gasteiger partial charge in [0.1, 0.15) is 0 Å². The molecule has 0 spiro atoms. The van der Waals surface area contributed by atoms with Crippen LogP contribution in [0.25, 0.3) is 0 Å². The molecule has 1 aliphatic heterocycles. The molecule has 3 unspecified atom stereocenters. The molecule has 1 heterocycles. The first-order valence-corrected chi connectivity index (χ1v) is 8.22. The molecule has 114 valence electrons. The molecule has 1 aliphatic rings. The van der Waals surface area contributed by atoms with Crippen molar-refractivity contribution >= 4 is 0 Å². The molecule has 0 aliphatic carbocycles. The Morgan fingerprint density at radius 2 is 1.89 bits per heavy atom. The maximum absolute atomic E-state index is 3.83. The quantitative estimate of drug-likeness (QED) is 0.766. The fourth-order valence-electron chi connectivity index (χ4n) is 3.36. The van der Waals surface area contributed by atoms with Crippen molar-refractivity contribution in [2.75, 3.05) is 40.3 Å². The summed E-state index contributed by atoms with van der Waals surface area (Å²) >= 11 is 0. The third-order valence-electron chi connectivity index (χ3n) is 4.52. The lowest BCUT2D eigenvalue weighted by Crippen LogP contribution is -2.55. The van der Waals surface area contributed by atoms with Crippen molar-refractivity contribution in [2.24, 2.45) is 5.92 Å². The van der Waals surface area contributed by atoms with Crippen LogP contribution in [0.5, 0.6) is 0 Å². The normalized spacial score (nSPS) is 26.1. The fourth-order valence-corrected chi connectivity index (χ4v) is 3.36. The maximum Gasteiger partial charge on any atom is 0.0375 e. The molecule has 0 bridgehead atoms. The molecule has 1 saturated heterocycles. The largest absolute Gasteiger partial charge is 0.312 e. The van der Waals surface area contributed by atoms with E-state index in [0.29, 0.717) is 12.1 Å². The van der Waals surface area contributed by atoms with Crippen molar-refractivity contribution in [3.05, 3.63) is 0 Å². The summed E-state index contributed by atoms with van der Waals surface area (Å²) in [6.07, 6.45) is 5.14. The zero-order chi connectivity index (χ0) is 14.3. The first kappa shape index (κ1) is 16.9. The van der Waals surface area contributed by atoms with E-state index in [4.69, 9.17) is 0 Å². The van der Waals surface area contributed by atoms with E-state index in [1.807, 2.05) is 0 Å². The van der Waals surface area contributed by atoms with Crippen molar-refractivity contribution in [1.82, 2.24) is 15.1 Å². The first-order chi connectivity index (χ1) is 9.10. The molecule has 1 fully saturated rings. The molecule has 3 nitrogen and oxygen atoms in total. The van der Waals surface area contributed by atoms with Gasteiger partial charge >= 0.3 is 0 Å². The molecule has 3 heteroatoms. The minimum absolute atomic E-state index is 0.630. The minimum atomic E-state index is 0.630. The van der Waals surface area contributed by atoms with Crippen molar-refractivity contribution < 1.29 is 0 Å². The van der Waals surface area contributed by atoms with E-state index in [-0.39, 0.29) is 0 Å². The predicted molar refractivity (Wildman–Crippen MR) is 84.7 cm³/mol. The Morgan fingerprint density at radius 3 is 2.53 bits per heavy atom. The monoisotopic (exact) mass is 269 g/mol. The van der Waals surface area contributed by atoms with E-state index < -0.39 is 0 Å². The number of nitrogens with one attached hydrogen (secondary N) is 1. The van der Waals surface area contributed by atoms with E-state index in [1.54, 1.807) is 0 Å². The second-order valence-electron chi connectivity index (χ2n) is 6.41. The standard InChI is InChI=1S/C16H35N3/c1-6-9-14(3)16(17-10-7-2)15-13-18(4)11-8-12-19(15)5/h14-17H,6-13H2,1-5H3. The van der Waals surface area contributed by atoms with Gasteiger partial charge in [0.2, 0.25) is 0 Å². The molecule has 0 amide bonds. The first-order valence-electron chi connectivity index (χ1n) is 8.22. The van der Waals surface area contributed by atoms with Crippen molar-refractivity contribution in [2.45, 2.75) is 58.5 Å². The van der Waals surface area contributed by atoms with Crippen LogP contribution >= 0.6 is 0 Å². The van der Waals surface area contributed by atoms with E-state index in [0.717, 1.165) is 12.5 Å². The van der Waals surface area contributed by atoms with Crippen LogP contribution in [0.3, 0.4) is 0 Å². The Hall–Kier alpha value is -0.120. The highest BCUT2D eigenvalue weighted by Crippen LogP contribution is 2.20. The SMILES string of the molecule is CCCNC(C(C)CCC)C1CN(C)CCCN1C. The lowest BCUT2D eigenvalue weighted by molar-refractivity contribution is 0.145. The second kappa shape index (κ2) is 8.93. The molecule has 0 saturated carbocycles. The van der Waals surface area contributed by atoms with Gasteiger partial charge in [-0.2, -0.15) is 0 Å².